The molecule has 1 amide bonds. The third-order valence-electron chi connectivity index (χ3n) is 2.75. The van der Waals surface area contributed by atoms with Crippen LogP contribution in [0.15, 0.2) is 24.3 Å². The lowest BCUT2D eigenvalue weighted by molar-refractivity contribution is -0.137. The van der Waals surface area contributed by atoms with Gasteiger partial charge in [0, 0.05) is 11.4 Å². The lowest BCUT2D eigenvalue weighted by Gasteiger charge is -2.14. The molecule has 5 nitrogen and oxygen atoms in total. The fourth-order valence-electron chi connectivity index (χ4n) is 1.83. The first-order valence-corrected chi connectivity index (χ1v) is 6.39. The zero-order chi connectivity index (χ0) is 14.0. The molecule has 19 heavy (non-hydrogen) atoms. The van der Waals surface area contributed by atoms with Gasteiger partial charge in [-0.1, -0.05) is 11.6 Å². The number of carboxylic acids is 1. The van der Waals surface area contributed by atoms with Crippen LogP contribution in [0.2, 0.25) is 5.02 Å². The van der Waals surface area contributed by atoms with Gasteiger partial charge in [-0.3, -0.25) is 14.5 Å². The summed E-state index contributed by atoms with van der Waals surface area (Å²) in [6.07, 6.45) is 0.124. The molecular weight excluding hydrogens is 288 g/mol. The van der Waals surface area contributed by atoms with Gasteiger partial charge in [-0.15, -0.1) is 0 Å². The van der Waals surface area contributed by atoms with Gasteiger partial charge in [-0.25, -0.2) is 0 Å². The van der Waals surface area contributed by atoms with Crippen LogP contribution >= 0.6 is 23.8 Å². The number of aliphatic carboxylic acids is 1. The Labute approximate surface area is 120 Å². The van der Waals surface area contributed by atoms with E-state index in [0.717, 1.165) is 0 Å². The fourth-order valence-corrected chi connectivity index (χ4v) is 2.29. The van der Waals surface area contributed by atoms with Crippen LogP contribution in [-0.2, 0) is 9.59 Å². The smallest absolute Gasteiger partial charge is 0.303 e. The van der Waals surface area contributed by atoms with Crippen LogP contribution in [0, 0.1) is 0 Å². The molecule has 7 heteroatoms. The minimum atomic E-state index is -0.939. The second kappa shape index (κ2) is 5.54. The van der Waals surface area contributed by atoms with Gasteiger partial charge in [-0.2, -0.15) is 0 Å². The molecule has 1 aromatic carbocycles. The van der Waals surface area contributed by atoms with Gasteiger partial charge in [0.1, 0.15) is 6.04 Å². The van der Waals surface area contributed by atoms with Crippen molar-refractivity contribution in [2.75, 3.05) is 4.90 Å². The summed E-state index contributed by atoms with van der Waals surface area (Å²) in [5.41, 5.74) is 0.615. The largest absolute Gasteiger partial charge is 0.481 e. The van der Waals surface area contributed by atoms with Crippen molar-refractivity contribution in [2.24, 2.45) is 0 Å². The van der Waals surface area contributed by atoms with Crippen LogP contribution in [0.5, 0.6) is 0 Å². The molecule has 100 valence electrons. The summed E-state index contributed by atoms with van der Waals surface area (Å²) in [5.74, 6) is -1.18. The number of thiocarbonyl (C=S) groups is 1. The number of nitrogens with one attached hydrogen (secondary N) is 1. The third-order valence-corrected chi connectivity index (χ3v) is 3.30. The molecule has 0 aliphatic carbocycles. The number of nitrogens with zero attached hydrogens (tertiary/aromatic N) is 1. The highest BCUT2D eigenvalue weighted by molar-refractivity contribution is 7.80. The molecule has 0 aromatic heterocycles. The number of rotatable bonds is 4. The Morgan fingerprint density at radius 2 is 2.05 bits per heavy atom. The number of carbonyl (C=O) groups is 2. The average molecular weight is 299 g/mol. The molecule has 0 saturated carbocycles. The van der Waals surface area contributed by atoms with Crippen LogP contribution < -0.4 is 10.2 Å². The maximum Gasteiger partial charge on any atom is 0.303 e. The van der Waals surface area contributed by atoms with Crippen molar-refractivity contribution in [1.82, 2.24) is 5.32 Å². The van der Waals surface area contributed by atoms with Gasteiger partial charge in [-0.05, 0) is 42.9 Å². The molecule has 1 saturated heterocycles. The van der Waals surface area contributed by atoms with Gasteiger partial charge >= 0.3 is 5.97 Å². The average Bonchev–Trinajstić information content (AvgIpc) is 2.63. The number of amides is 1. The van der Waals surface area contributed by atoms with E-state index in [4.69, 9.17) is 28.9 Å². The van der Waals surface area contributed by atoms with E-state index in [2.05, 4.69) is 5.32 Å². The van der Waals surface area contributed by atoms with Crippen molar-refractivity contribution in [3.8, 4) is 0 Å². The maximum atomic E-state index is 12.2. The zero-order valence-corrected chi connectivity index (χ0v) is 11.4. The number of hydrogen-bond acceptors (Lipinski definition) is 3. The molecule has 1 atom stereocenters. The summed E-state index contributed by atoms with van der Waals surface area (Å²) in [4.78, 5) is 24.1. The standard InChI is InChI=1S/C12H11ClN2O3S/c13-7-1-3-8(4-2-7)15-11(18)9(14-12(15)19)5-6-10(16)17/h1-4,9H,5-6H2,(H,14,19)(H,16,17)/t9-/m1/s1. The second-order valence-electron chi connectivity index (χ2n) is 4.08. The van der Waals surface area contributed by atoms with Crippen molar-refractivity contribution in [2.45, 2.75) is 18.9 Å². The summed E-state index contributed by atoms with van der Waals surface area (Å²) < 4.78 is 0. The summed E-state index contributed by atoms with van der Waals surface area (Å²) in [6, 6.07) is 6.12. The normalized spacial score (nSPS) is 18.6. The zero-order valence-electron chi connectivity index (χ0n) is 9.80. The highest BCUT2D eigenvalue weighted by atomic mass is 35.5. The van der Waals surface area contributed by atoms with Gasteiger partial charge in [0.05, 0.1) is 5.69 Å². The van der Waals surface area contributed by atoms with E-state index in [-0.39, 0.29) is 23.9 Å². The van der Waals surface area contributed by atoms with E-state index in [1.165, 1.54) is 4.90 Å². The van der Waals surface area contributed by atoms with E-state index >= 15 is 0 Å². The summed E-state index contributed by atoms with van der Waals surface area (Å²) >= 11 is 10.9. The SMILES string of the molecule is O=C(O)CC[C@H]1NC(=S)N(c2ccc(Cl)cc2)C1=O. The predicted octanol–water partition coefficient (Wildman–Crippen LogP) is 1.79. The Kier molecular flexibility index (Phi) is 4.01. The molecule has 0 radical (unpaired) electrons. The molecule has 1 fully saturated rings. The number of hydrogen-bond donors (Lipinski definition) is 2. The molecule has 0 spiro atoms. The summed E-state index contributed by atoms with van der Waals surface area (Å²) in [5, 5.41) is 12.3. The second-order valence-corrected chi connectivity index (χ2v) is 4.91. The number of benzene rings is 1. The minimum Gasteiger partial charge on any atom is -0.481 e. The quantitative estimate of drug-likeness (QED) is 0.830. The maximum absolute atomic E-state index is 12.2. The molecular formula is C12H11ClN2O3S. The monoisotopic (exact) mass is 298 g/mol. The van der Waals surface area contributed by atoms with Crippen LogP contribution in [-0.4, -0.2) is 28.1 Å². The van der Waals surface area contributed by atoms with Gasteiger partial charge in [0.15, 0.2) is 5.11 Å². The molecule has 2 N–H and O–H groups in total. The van der Waals surface area contributed by atoms with Crippen LogP contribution in [0.4, 0.5) is 5.69 Å². The Hall–Kier alpha value is -1.66. The molecule has 1 aromatic rings. The van der Waals surface area contributed by atoms with Crippen LogP contribution in [0.3, 0.4) is 0 Å². The Morgan fingerprint density at radius 1 is 1.42 bits per heavy atom. The Balaban J connectivity index is 2.14. The van der Waals surface area contributed by atoms with E-state index in [1.807, 2.05) is 0 Å². The van der Waals surface area contributed by atoms with Crippen LogP contribution in [0.1, 0.15) is 12.8 Å². The van der Waals surface area contributed by atoms with Crippen LogP contribution in [0.25, 0.3) is 0 Å². The van der Waals surface area contributed by atoms with Crippen molar-refractivity contribution >= 4 is 46.5 Å². The first-order valence-electron chi connectivity index (χ1n) is 5.61. The first-order chi connectivity index (χ1) is 8.99. The van der Waals surface area contributed by atoms with Crippen molar-refractivity contribution in [3.63, 3.8) is 0 Å². The number of carbonyl (C=O) groups excluding carboxylic acids is 1. The fraction of sp³-hybridized carbons (Fsp3) is 0.250. The Morgan fingerprint density at radius 3 is 2.63 bits per heavy atom. The number of halogens is 1. The molecule has 2 rings (SSSR count). The number of carboxylic acid groups (broad SMARTS) is 1. The molecule has 1 aliphatic heterocycles. The van der Waals surface area contributed by atoms with E-state index in [1.54, 1.807) is 24.3 Å². The van der Waals surface area contributed by atoms with Gasteiger partial charge < -0.3 is 10.4 Å². The molecule has 0 bridgehead atoms. The predicted molar refractivity (Wildman–Crippen MR) is 75.3 cm³/mol. The van der Waals surface area contributed by atoms with E-state index in [9.17, 15) is 9.59 Å². The molecule has 1 aliphatic rings. The first kappa shape index (κ1) is 13.8. The van der Waals surface area contributed by atoms with Crippen molar-refractivity contribution < 1.29 is 14.7 Å². The third kappa shape index (κ3) is 3.02. The summed E-state index contributed by atoms with van der Waals surface area (Å²) in [7, 11) is 0. The van der Waals surface area contributed by atoms with Crippen molar-refractivity contribution in [1.29, 1.82) is 0 Å². The van der Waals surface area contributed by atoms with Gasteiger partial charge in [0.2, 0.25) is 0 Å². The summed E-state index contributed by atoms with van der Waals surface area (Å²) in [6.45, 7) is 0. The highest BCUT2D eigenvalue weighted by Gasteiger charge is 2.36. The Bertz CT molecular complexity index is 532. The van der Waals surface area contributed by atoms with E-state index in [0.29, 0.717) is 10.7 Å². The van der Waals surface area contributed by atoms with E-state index < -0.39 is 12.0 Å². The van der Waals surface area contributed by atoms with Gasteiger partial charge in [0.25, 0.3) is 5.91 Å². The highest BCUT2D eigenvalue weighted by Crippen LogP contribution is 2.23. The molecule has 1 heterocycles. The molecule has 0 unspecified atom stereocenters. The number of anilines is 1. The topological polar surface area (TPSA) is 69.6 Å². The van der Waals surface area contributed by atoms with Crippen molar-refractivity contribution in [3.05, 3.63) is 29.3 Å². The lowest BCUT2D eigenvalue weighted by atomic mass is 10.1. The lowest BCUT2D eigenvalue weighted by Crippen LogP contribution is -2.31. The minimum absolute atomic E-state index is 0.0829.